The lowest BCUT2D eigenvalue weighted by Crippen LogP contribution is -2.32. The summed E-state index contributed by atoms with van der Waals surface area (Å²) in [5.41, 5.74) is 1.33. The highest BCUT2D eigenvalue weighted by molar-refractivity contribution is 5.97. The summed E-state index contributed by atoms with van der Waals surface area (Å²) in [4.78, 5) is 43.0. The van der Waals surface area contributed by atoms with Gasteiger partial charge in [-0.05, 0) is 24.3 Å². The first-order valence-electron chi connectivity index (χ1n) is 9.29. The molecule has 0 aliphatic carbocycles. The van der Waals surface area contributed by atoms with Crippen molar-refractivity contribution in [3.05, 3.63) is 107 Å². The van der Waals surface area contributed by atoms with E-state index in [-0.39, 0.29) is 19.1 Å². The Morgan fingerprint density at radius 2 is 1.30 bits per heavy atom. The lowest BCUT2D eigenvalue weighted by atomic mass is 10.1. The molecular weight excluding hydrogens is 384 g/mol. The maximum Gasteiger partial charge on any atom is 0.364 e. The van der Waals surface area contributed by atoms with E-state index in [9.17, 15) is 14.4 Å². The van der Waals surface area contributed by atoms with E-state index < -0.39 is 11.7 Å². The number of nitrogens with zero attached hydrogens (tertiary/aromatic N) is 2. The molecule has 0 unspecified atom stereocenters. The lowest BCUT2D eigenvalue weighted by molar-refractivity contribution is 0.0358. The van der Waals surface area contributed by atoms with Crippen LogP contribution in [0.4, 0.5) is 0 Å². The first kappa shape index (κ1) is 19.2. The zero-order valence-electron chi connectivity index (χ0n) is 15.9. The summed E-state index contributed by atoms with van der Waals surface area (Å²) in [5.74, 6) is -0.797. The number of carbonyl (C=O) groups excluding carboxylic acids is 2. The molecule has 0 fully saturated rings. The molecule has 7 nitrogen and oxygen atoms in total. The molecule has 0 aliphatic rings. The monoisotopic (exact) mass is 402 g/mol. The van der Waals surface area contributed by atoms with Gasteiger partial charge in [0, 0.05) is 5.56 Å². The topological polar surface area (TPSA) is 79.5 Å². The number of imidazole rings is 1. The van der Waals surface area contributed by atoms with E-state index >= 15 is 0 Å². The smallest absolute Gasteiger partial charge is 0.364 e. The van der Waals surface area contributed by atoms with E-state index in [0.717, 1.165) is 4.73 Å². The first-order chi connectivity index (χ1) is 14.6. The molecule has 0 atom stereocenters. The molecule has 1 heterocycles. The average molecular weight is 402 g/mol. The predicted octanol–water partition coefficient (Wildman–Crippen LogP) is 2.93. The Morgan fingerprint density at radius 3 is 1.97 bits per heavy atom. The highest BCUT2D eigenvalue weighted by Gasteiger charge is 2.17. The third-order valence-electron chi connectivity index (χ3n) is 4.55. The van der Waals surface area contributed by atoms with Crippen molar-refractivity contribution in [2.24, 2.45) is 0 Å². The fourth-order valence-corrected chi connectivity index (χ4v) is 3.04. The summed E-state index contributed by atoms with van der Waals surface area (Å²) in [6.45, 7) is -0.586. The number of benzene rings is 3. The van der Waals surface area contributed by atoms with Gasteiger partial charge in [-0.15, -0.1) is 4.73 Å². The van der Waals surface area contributed by atoms with Crippen LogP contribution in [0.3, 0.4) is 0 Å². The van der Waals surface area contributed by atoms with Crippen molar-refractivity contribution >= 4 is 22.8 Å². The Balaban J connectivity index is 1.56. The molecule has 4 rings (SSSR count). The number of Topliss-reactive ketones (excluding diaryl/α,β-unsaturated/α-hetero) is 1. The van der Waals surface area contributed by atoms with Gasteiger partial charge in [0.05, 0.1) is 11.1 Å². The summed E-state index contributed by atoms with van der Waals surface area (Å²) in [5, 5.41) is 0. The summed E-state index contributed by atoms with van der Waals surface area (Å²) >= 11 is 0. The van der Waals surface area contributed by atoms with Gasteiger partial charge in [0.25, 0.3) is 0 Å². The van der Waals surface area contributed by atoms with Crippen molar-refractivity contribution in [1.82, 2.24) is 9.30 Å². The van der Waals surface area contributed by atoms with Crippen LogP contribution in [-0.4, -0.2) is 27.7 Å². The van der Waals surface area contributed by atoms with Crippen LogP contribution in [0.1, 0.15) is 20.7 Å². The highest BCUT2D eigenvalue weighted by Crippen LogP contribution is 2.13. The van der Waals surface area contributed by atoms with Gasteiger partial charge >= 0.3 is 11.7 Å². The predicted molar refractivity (Wildman–Crippen MR) is 110 cm³/mol. The number of ether oxygens (including phenoxy) is 1. The maximum absolute atomic E-state index is 12.9. The van der Waals surface area contributed by atoms with E-state index in [0.29, 0.717) is 22.2 Å². The molecule has 0 spiro atoms. The van der Waals surface area contributed by atoms with Crippen LogP contribution in [0.2, 0.25) is 0 Å². The molecule has 0 bridgehead atoms. The quantitative estimate of drug-likeness (QED) is 0.351. The molecular formula is C23H18N2O5. The van der Waals surface area contributed by atoms with Gasteiger partial charge in [-0.25, -0.2) is 9.59 Å². The maximum atomic E-state index is 12.9. The van der Waals surface area contributed by atoms with Gasteiger partial charge in [-0.3, -0.25) is 9.36 Å². The third kappa shape index (κ3) is 3.86. The molecule has 1 aromatic heterocycles. The van der Waals surface area contributed by atoms with Crippen molar-refractivity contribution in [2.45, 2.75) is 6.73 Å². The minimum absolute atomic E-state index is 0.255. The number of hydrogen-bond donors (Lipinski definition) is 0. The van der Waals surface area contributed by atoms with Crippen LogP contribution in [0, 0.1) is 0 Å². The standard InChI is InChI=1S/C23H18N2O5/c26-21(17-9-3-1-4-10-17)15-30-25-20-14-8-7-13-19(20)24(23(25)28)16-29-22(27)18-11-5-2-6-12-18/h1-14H,15-16H2. The molecule has 0 saturated carbocycles. The van der Waals surface area contributed by atoms with E-state index in [4.69, 9.17) is 9.57 Å². The molecule has 0 aliphatic heterocycles. The zero-order valence-corrected chi connectivity index (χ0v) is 15.9. The lowest BCUT2D eigenvalue weighted by Gasteiger charge is -2.06. The van der Waals surface area contributed by atoms with Gasteiger partial charge < -0.3 is 9.57 Å². The van der Waals surface area contributed by atoms with E-state index in [2.05, 4.69) is 0 Å². The molecule has 30 heavy (non-hydrogen) atoms. The Kier molecular flexibility index (Phi) is 5.43. The van der Waals surface area contributed by atoms with Crippen molar-refractivity contribution in [1.29, 1.82) is 0 Å². The van der Waals surface area contributed by atoms with Gasteiger partial charge in [-0.1, -0.05) is 60.7 Å². The van der Waals surface area contributed by atoms with Crippen LogP contribution in [0.5, 0.6) is 0 Å². The minimum atomic E-state index is -0.544. The number of esters is 1. The number of fused-ring (bicyclic) bond motifs is 1. The van der Waals surface area contributed by atoms with Gasteiger partial charge in [-0.2, -0.15) is 0 Å². The third-order valence-corrected chi connectivity index (χ3v) is 4.55. The summed E-state index contributed by atoms with van der Waals surface area (Å²) in [7, 11) is 0. The second-order valence-electron chi connectivity index (χ2n) is 6.48. The van der Waals surface area contributed by atoms with Crippen LogP contribution in [-0.2, 0) is 11.5 Å². The van der Waals surface area contributed by atoms with E-state index in [1.807, 2.05) is 6.07 Å². The Hall–Kier alpha value is -4.13. The van der Waals surface area contributed by atoms with Crippen LogP contribution in [0.25, 0.3) is 11.0 Å². The SMILES string of the molecule is O=C(COn1c(=O)n(COC(=O)c2ccccc2)c2ccccc21)c1ccccc1. The molecule has 0 radical (unpaired) electrons. The molecule has 3 aromatic carbocycles. The summed E-state index contributed by atoms with van der Waals surface area (Å²) < 4.78 is 7.63. The van der Waals surface area contributed by atoms with Crippen LogP contribution >= 0.6 is 0 Å². The van der Waals surface area contributed by atoms with Crippen molar-refractivity contribution in [2.75, 3.05) is 6.61 Å². The number of rotatable bonds is 7. The summed E-state index contributed by atoms with van der Waals surface area (Å²) in [6.07, 6.45) is 0. The fraction of sp³-hybridized carbons (Fsp3) is 0.0870. The number of para-hydroxylation sites is 2. The Morgan fingerprint density at radius 1 is 0.733 bits per heavy atom. The van der Waals surface area contributed by atoms with Gasteiger partial charge in [0.15, 0.2) is 13.3 Å². The van der Waals surface area contributed by atoms with Crippen molar-refractivity contribution in [3.8, 4) is 0 Å². The number of carbonyl (C=O) groups is 2. The van der Waals surface area contributed by atoms with Crippen molar-refractivity contribution in [3.63, 3.8) is 0 Å². The van der Waals surface area contributed by atoms with Gasteiger partial charge in [0.2, 0.25) is 5.78 Å². The Bertz CT molecular complexity index is 1150. The van der Waals surface area contributed by atoms with Crippen LogP contribution < -0.4 is 10.5 Å². The average Bonchev–Trinajstić information content (AvgIpc) is 3.07. The second-order valence-corrected chi connectivity index (χ2v) is 6.48. The number of hydrogen-bond acceptors (Lipinski definition) is 5. The second kappa shape index (κ2) is 8.48. The fourth-order valence-electron chi connectivity index (χ4n) is 3.04. The van der Waals surface area contributed by atoms with Gasteiger partial charge in [0.1, 0.15) is 5.52 Å². The normalized spacial score (nSPS) is 10.7. The minimum Gasteiger partial charge on any atom is -0.440 e. The molecule has 0 amide bonds. The largest absolute Gasteiger partial charge is 0.440 e. The van der Waals surface area contributed by atoms with E-state index in [1.54, 1.807) is 78.9 Å². The highest BCUT2D eigenvalue weighted by atomic mass is 16.7. The Labute approximate surface area is 171 Å². The molecule has 0 saturated heterocycles. The number of aromatic nitrogens is 2. The van der Waals surface area contributed by atoms with Crippen molar-refractivity contribution < 1.29 is 19.2 Å². The first-order valence-corrected chi connectivity index (χ1v) is 9.29. The molecule has 150 valence electrons. The molecule has 4 aromatic rings. The molecule has 0 N–H and O–H groups in total. The summed E-state index contributed by atoms with van der Waals surface area (Å²) in [6, 6.07) is 24.1. The number of ketones is 1. The van der Waals surface area contributed by atoms with E-state index in [1.165, 1.54) is 4.57 Å². The van der Waals surface area contributed by atoms with Crippen LogP contribution in [0.15, 0.2) is 89.7 Å². The zero-order chi connectivity index (χ0) is 20.9. The molecule has 7 heteroatoms.